The van der Waals surface area contributed by atoms with Crippen LogP contribution in [-0.2, 0) is 0 Å². The van der Waals surface area contributed by atoms with E-state index in [1.807, 2.05) is 205 Å². The zero-order chi connectivity index (χ0) is 75.7. The second-order valence-electron chi connectivity index (χ2n) is 26.4. The van der Waals surface area contributed by atoms with E-state index in [4.69, 9.17) is 9.68 Å². The van der Waals surface area contributed by atoms with Crippen molar-refractivity contribution < 1.29 is 4.42 Å². The van der Waals surface area contributed by atoms with Gasteiger partial charge in [0.2, 0.25) is 0 Å². The van der Waals surface area contributed by atoms with Gasteiger partial charge in [-0.15, -0.1) is 0 Å². The minimum absolute atomic E-state index is 0.611. The van der Waals surface area contributed by atoms with Gasteiger partial charge in [-0.25, -0.2) is 0 Å². The largest absolute Gasteiger partial charge is 0.462 e. The van der Waals surface area contributed by atoms with Gasteiger partial charge in [-0.05, 0) is 204 Å². The molecule has 0 saturated heterocycles. The van der Waals surface area contributed by atoms with E-state index >= 15 is 0 Å². The molecule has 0 fully saturated rings. The number of fused-ring (bicyclic) bond motifs is 1. The number of allylic oxidation sites excluding steroid dienone is 4. The van der Waals surface area contributed by atoms with E-state index in [0.29, 0.717) is 28.1 Å². The first-order valence-corrected chi connectivity index (χ1v) is 35.4. The number of furan rings is 1. The summed E-state index contributed by atoms with van der Waals surface area (Å²) in [6.07, 6.45) is 16.1. The van der Waals surface area contributed by atoms with Crippen LogP contribution in [0.4, 0.5) is 0 Å². The molecule has 0 aliphatic carbocycles. The highest BCUT2D eigenvalue weighted by Crippen LogP contribution is 2.28. The highest BCUT2D eigenvalue weighted by atomic mass is 16.3. The Balaban J connectivity index is 0.000000161. The maximum atomic E-state index is 9.52. The van der Waals surface area contributed by atoms with Gasteiger partial charge in [0.25, 0.3) is 0 Å². The molecule has 0 saturated carbocycles. The molecule has 0 aliphatic heterocycles. The molecule has 0 spiro atoms. The number of aryl methyl sites for hydroxylation is 12. The monoisotopic (exact) mass is 1380 g/mol. The topological polar surface area (TPSA) is 124 Å². The van der Waals surface area contributed by atoms with E-state index in [9.17, 15) is 15.8 Å². The van der Waals surface area contributed by atoms with Crippen LogP contribution in [0.25, 0.3) is 81.7 Å². The van der Waals surface area contributed by atoms with Crippen molar-refractivity contribution in [3.63, 3.8) is 0 Å². The third-order valence-corrected chi connectivity index (χ3v) is 17.2. The molecular weight excluding hydrogens is 1290 g/mol. The van der Waals surface area contributed by atoms with Crippen molar-refractivity contribution in [3.05, 3.63) is 413 Å². The molecule has 0 unspecified atom stereocenters. The van der Waals surface area contributed by atoms with E-state index in [1.54, 1.807) is 6.08 Å². The van der Waals surface area contributed by atoms with Crippen LogP contribution in [0.15, 0.2) is 283 Å². The van der Waals surface area contributed by atoms with Crippen LogP contribution in [0.2, 0.25) is 0 Å². The number of H-pyrrole nitrogens is 1. The van der Waals surface area contributed by atoms with E-state index in [-0.39, 0.29) is 0 Å². The van der Waals surface area contributed by atoms with Crippen molar-refractivity contribution in [1.29, 1.82) is 21.0 Å². The van der Waals surface area contributed by atoms with Gasteiger partial charge < -0.3 is 9.40 Å². The second-order valence-corrected chi connectivity index (χ2v) is 26.4. The maximum absolute atomic E-state index is 9.52. The van der Waals surface area contributed by atoms with Crippen LogP contribution in [-0.4, -0.2) is 4.98 Å². The second kappa shape index (κ2) is 40.3. The molecular formula is C100H91N5O. The number of benzene rings is 11. The summed E-state index contributed by atoms with van der Waals surface area (Å²) in [5, 5.41) is 39.5. The van der Waals surface area contributed by atoms with Gasteiger partial charge in [0.15, 0.2) is 0 Å². The highest BCUT2D eigenvalue weighted by molar-refractivity contribution is 5.99. The number of nitrogens with zero attached hydrogens (tertiary/aromatic N) is 4. The molecule has 0 amide bonds. The Hall–Kier alpha value is -13.4. The predicted octanol–water partition coefficient (Wildman–Crippen LogP) is 26.5. The highest BCUT2D eigenvalue weighted by Gasteiger charge is 2.08. The maximum Gasteiger partial charge on any atom is 0.128 e. The molecule has 2 aromatic heterocycles. The summed E-state index contributed by atoms with van der Waals surface area (Å²) < 4.78 is 5.43. The Bertz CT molecular complexity index is 5210. The predicted molar refractivity (Wildman–Crippen MR) is 450 cm³/mol. The van der Waals surface area contributed by atoms with Crippen molar-refractivity contribution in [2.45, 2.75) is 83.1 Å². The molecule has 6 heteroatoms. The van der Waals surface area contributed by atoms with Crippen LogP contribution >= 0.6 is 0 Å². The Morgan fingerprint density at radius 3 is 1.01 bits per heavy atom. The first-order valence-electron chi connectivity index (χ1n) is 35.4. The number of rotatable bonds is 12. The van der Waals surface area contributed by atoms with Crippen LogP contribution in [0.1, 0.15) is 134 Å². The first-order chi connectivity index (χ1) is 51.2. The molecule has 6 nitrogen and oxygen atoms in total. The van der Waals surface area contributed by atoms with Gasteiger partial charge in [0, 0.05) is 11.4 Å². The Kier molecular flexibility index (Phi) is 29.8. The standard InChI is InChI=1S/C21H17N.C17H15N.2C16H16.C15H14N2.C15H13NO/c1-15-7-10-17(11-8-15)19(14-22)13-18-12-9-16(2)20-5-3-4-6-21(18)20;1-13-3-7-15(8-4-13)11-17(12-18)16-9-5-14(2)6-10-16;1-13-3-7-15(8-4-13)11-12-16-9-5-14(2)6-10-16;1-13-6-8-15(9-7-13)10-11-16-5-3-4-14(2)12-16;2*1-11-3-6-13(7-4-11)14(10-16)9-15-8-5-12(2)17-15/h3-13H,1-2H3;3-11H,1-2H3;2*3-12H,1-2H3;3-9,17H,1-2H3;3-9H,1-2H3. The third-order valence-electron chi connectivity index (χ3n) is 17.2. The first kappa shape index (κ1) is 78.4. The lowest BCUT2D eigenvalue weighted by molar-refractivity contribution is 0.525. The van der Waals surface area contributed by atoms with E-state index in [1.165, 1.54) is 88.7 Å². The number of hydrogen-bond donors (Lipinski definition) is 1. The van der Waals surface area contributed by atoms with Gasteiger partial charge in [0.1, 0.15) is 11.5 Å². The normalized spacial score (nSPS) is 11.1. The summed E-state index contributed by atoms with van der Waals surface area (Å²) in [4.78, 5) is 3.19. The lowest BCUT2D eigenvalue weighted by atomic mass is 9.97. The Labute approximate surface area is 628 Å². The van der Waals surface area contributed by atoms with E-state index in [2.05, 4.69) is 229 Å². The molecule has 106 heavy (non-hydrogen) atoms. The average molecular weight is 1380 g/mol. The fourth-order valence-corrected chi connectivity index (χ4v) is 10.9. The summed E-state index contributed by atoms with van der Waals surface area (Å²) in [6.45, 7) is 24.6. The van der Waals surface area contributed by atoms with Gasteiger partial charge in [0.05, 0.1) is 46.6 Å². The molecule has 0 radical (unpaired) electrons. The summed E-state index contributed by atoms with van der Waals surface area (Å²) in [5.41, 5.74) is 28.0. The Morgan fingerprint density at radius 2 is 0.642 bits per heavy atom. The average Bonchev–Trinajstić information content (AvgIpc) is 0.948. The molecule has 522 valence electrons. The molecule has 13 rings (SSSR count). The number of nitrogens with one attached hydrogen (secondary N) is 1. The van der Waals surface area contributed by atoms with Crippen LogP contribution in [0.5, 0.6) is 0 Å². The van der Waals surface area contributed by atoms with Gasteiger partial charge >= 0.3 is 0 Å². The van der Waals surface area contributed by atoms with Crippen LogP contribution < -0.4 is 0 Å². The summed E-state index contributed by atoms with van der Waals surface area (Å²) in [6, 6.07) is 104. The SMILES string of the molecule is Cc1ccc(C(C#N)=Cc2ccc(C)[nH]2)cc1.Cc1ccc(C(C#N)=Cc2ccc(C)c3ccccc23)cc1.Cc1ccc(C(C#N)=Cc2ccc(C)o2)cc1.Cc1ccc(C=C(C#N)c2ccc(C)cc2)cc1.Cc1ccc(C=Cc2ccc(C)cc2)cc1.Cc1ccc(C=Cc2cccc(C)c2)cc1. The fourth-order valence-electron chi connectivity index (χ4n) is 10.9. The lowest BCUT2D eigenvalue weighted by Crippen LogP contribution is -1.86. The smallest absolute Gasteiger partial charge is 0.128 e. The number of aromatic amines is 1. The zero-order valence-electron chi connectivity index (χ0n) is 62.9. The third kappa shape index (κ3) is 25.6. The van der Waals surface area contributed by atoms with Gasteiger partial charge in [-0.1, -0.05) is 329 Å². The molecule has 0 bridgehead atoms. The Morgan fingerprint density at radius 1 is 0.283 bits per heavy atom. The molecule has 0 atom stereocenters. The molecule has 0 aliphatic rings. The number of nitriles is 4. The minimum Gasteiger partial charge on any atom is -0.462 e. The van der Waals surface area contributed by atoms with Gasteiger partial charge in [-0.3, -0.25) is 0 Å². The fraction of sp³-hybridized carbons (Fsp3) is 0.120. The van der Waals surface area contributed by atoms with Gasteiger partial charge in [-0.2, -0.15) is 21.0 Å². The van der Waals surface area contributed by atoms with E-state index < -0.39 is 0 Å². The number of hydrogen-bond acceptors (Lipinski definition) is 5. The quantitative estimate of drug-likeness (QED) is 0.0964. The molecule has 2 heterocycles. The lowest BCUT2D eigenvalue weighted by Gasteiger charge is -2.07. The minimum atomic E-state index is 0.611. The molecule has 13 aromatic rings. The van der Waals surface area contributed by atoms with E-state index in [0.717, 1.165) is 50.5 Å². The van der Waals surface area contributed by atoms with Crippen molar-refractivity contribution in [2.24, 2.45) is 0 Å². The summed E-state index contributed by atoms with van der Waals surface area (Å²) in [5.74, 6) is 1.55. The molecule has 11 aromatic carbocycles. The van der Waals surface area contributed by atoms with Crippen LogP contribution in [0, 0.1) is 128 Å². The van der Waals surface area contributed by atoms with Crippen LogP contribution in [0.3, 0.4) is 0 Å². The zero-order valence-corrected chi connectivity index (χ0v) is 62.9. The molecule has 1 N–H and O–H groups in total. The van der Waals surface area contributed by atoms with Crippen molar-refractivity contribution >= 4 is 81.7 Å². The van der Waals surface area contributed by atoms with Crippen molar-refractivity contribution in [1.82, 2.24) is 4.98 Å². The van der Waals surface area contributed by atoms with Crippen molar-refractivity contribution in [3.8, 4) is 24.3 Å². The summed E-state index contributed by atoms with van der Waals surface area (Å²) >= 11 is 0. The van der Waals surface area contributed by atoms with Crippen molar-refractivity contribution in [2.75, 3.05) is 0 Å². The summed E-state index contributed by atoms with van der Waals surface area (Å²) in [7, 11) is 0. The number of aromatic nitrogens is 1.